The number of allylic oxidation sites excluding steroid dienone is 1. The van der Waals surface area contributed by atoms with Gasteiger partial charge in [0.15, 0.2) is 0 Å². The number of carbonyl (C=O) groups excluding carboxylic acids is 2. The summed E-state index contributed by atoms with van der Waals surface area (Å²) in [7, 11) is 0. The Kier molecular flexibility index (Phi) is 6.65. The van der Waals surface area contributed by atoms with Crippen molar-refractivity contribution in [3.63, 3.8) is 0 Å². The Morgan fingerprint density at radius 2 is 1.34 bits per heavy atom. The molecule has 1 fully saturated rings. The summed E-state index contributed by atoms with van der Waals surface area (Å²) in [4.78, 5) is 24.9. The second-order valence-electron chi connectivity index (χ2n) is 8.60. The first kappa shape index (κ1) is 21.8. The monoisotopic (exact) mass is 423 g/mol. The van der Waals surface area contributed by atoms with Crippen molar-refractivity contribution < 1.29 is 9.59 Å². The summed E-state index contributed by atoms with van der Waals surface area (Å²) < 4.78 is 0. The zero-order valence-corrected chi connectivity index (χ0v) is 18.4. The lowest BCUT2D eigenvalue weighted by atomic mass is 9.77. The number of Topliss-reactive ketones (excluding diaryl/α,β-unsaturated/α-hetero) is 1. The summed E-state index contributed by atoms with van der Waals surface area (Å²) in [6.07, 6.45) is 5.78. The first-order valence-corrected chi connectivity index (χ1v) is 11.3. The van der Waals surface area contributed by atoms with Crippen LogP contribution in [0.2, 0.25) is 0 Å². The third-order valence-corrected chi connectivity index (χ3v) is 6.51. The van der Waals surface area contributed by atoms with E-state index in [4.69, 9.17) is 0 Å². The lowest BCUT2D eigenvalue weighted by molar-refractivity contribution is -0.118. The van der Waals surface area contributed by atoms with E-state index in [1.807, 2.05) is 60.7 Å². The zero-order chi connectivity index (χ0) is 22.4. The fourth-order valence-electron chi connectivity index (χ4n) is 4.70. The van der Waals surface area contributed by atoms with Crippen LogP contribution in [-0.4, -0.2) is 11.7 Å². The number of rotatable bonds is 7. The number of hydrogen-bond acceptors (Lipinski definition) is 2. The minimum absolute atomic E-state index is 0.155. The van der Waals surface area contributed by atoms with Gasteiger partial charge in [0.05, 0.1) is 0 Å². The van der Waals surface area contributed by atoms with Gasteiger partial charge in [-0.2, -0.15) is 0 Å². The number of nitrogens with one attached hydrogen (secondary N) is 1. The average molecular weight is 424 g/mol. The maximum Gasteiger partial charge on any atom is 0.244 e. The second-order valence-corrected chi connectivity index (χ2v) is 8.60. The molecule has 1 N–H and O–H groups in total. The molecule has 0 radical (unpaired) electrons. The second kappa shape index (κ2) is 9.78. The van der Waals surface area contributed by atoms with Crippen molar-refractivity contribution >= 4 is 11.7 Å². The molecule has 0 unspecified atom stereocenters. The summed E-state index contributed by atoms with van der Waals surface area (Å²) in [5, 5.41) is 3.34. The van der Waals surface area contributed by atoms with Crippen molar-refractivity contribution in [2.75, 3.05) is 0 Å². The summed E-state index contributed by atoms with van der Waals surface area (Å²) in [5.41, 5.74) is 2.16. The molecule has 0 heterocycles. The van der Waals surface area contributed by atoms with Gasteiger partial charge in [0, 0.05) is 12.8 Å². The molecule has 1 aliphatic carbocycles. The van der Waals surface area contributed by atoms with Gasteiger partial charge < -0.3 is 5.32 Å². The largest absolute Gasteiger partial charge is 0.335 e. The van der Waals surface area contributed by atoms with E-state index in [1.165, 1.54) is 0 Å². The Morgan fingerprint density at radius 3 is 1.75 bits per heavy atom. The van der Waals surface area contributed by atoms with Gasteiger partial charge in [0.2, 0.25) is 5.91 Å². The van der Waals surface area contributed by atoms with Gasteiger partial charge in [-0.25, -0.2) is 0 Å². The average Bonchev–Trinajstić information content (AvgIpc) is 3.29. The normalized spacial score (nSPS) is 17.4. The molecule has 1 amide bonds. The van der Waals surface area contributed by atoms with Crippen LogP contribution in [0.15, 0.2) is 103 Å². The van der Waals surface area contributed by atoms with E-state index >= 15 is 0 Å². The van der Waals surface area contributed by atoms with Gasteiger partial charge in [0.25, 0.3) is 0 Å². The number of ketones is 1. The fourth-order valence-corrected chi connectivity index (χ4v) is 4.70. The summed E-state index contributed by atoms with van der Waals surface area (Å²) in [5.74, 6) is 0.689. The maximum atomic E-state index is 13.3. The van der Waals surface area contributed by atoms with Crippen LogP contribution < -0.4 is 5.32 Å². The van der Waals surface area contributed by atoms with Crippen LogP contribution in [0.1, 0.15) is 42.9 Å². The highest BCUT2D eigenvalue weighted by Gasteiger charge is 2.37. The van der Waals surface area contributed by atoms with Crippen LogP contribution in [-0.2, 0) is 15.1 Å². The Bertz CT molecular complexity index is 977. The molecule has 3 nitrogen and oxygen atoms in total. The van der Waals surface area contributed by atoms with E-state index in [1.54, 1.807) is 6.08 Å². The van der Waals surface area contributed by atoms with Crippen molar-refractivity contribution in [2.45, 2.75) is 31.7 Å². The molecular weight excluding hydrogens is 394 g/mol. The fraction of sp³-hybridized carbons (Fsp3) is 0.241. The van der Waals surface area contributed by atoms with Crippen LogP contribution >= 0.6 is 0 Å². The molecule has 1 saturated carbocycles. The van der Waals surface area contributed by atoms with Crippen LogP contribution in [0.25, 0.3) is 0 Å². The molecule has 0 spiro atoms. The maximum absolute atomic E-state index is 13.3. The number of benzene rings is 3. The van der Waals surface area contributed by atoms with E-state index in [0.717, 1.165) is 23.1 Å². The number of carbonyl (C=O) groups is 2. The van der Waals surface area contributed by atoms with Gasteiger partial charge in [-0.05, 0) is 41.0 Å². The summed E-state index contributed by atoms with van der Waals surface area (Å²) >= 11 is 0. The SMILES string of the molecule is C[C@@H](/C=C/C(=O)NC(c1ccccc1)(c1ccccc1)c1ccccc1)[C@@H]1CCC(=O)C1. The molecule has 2 atom stereocenters. The quantitative estimate of drug-likeness (QED) is 0.394. The topological polar surface area (TPSA) is 46.2 Å². The van der Waals surface area contributed by atoms with Crippen LogP contribution in [0, 0.1) is 11.8 Å². The molecular formula is C29H29NO2. The molecule has 3 aromatic rings. The standard InChI is InChI=1S/C29H29NO2/c1-22(23-18-19-27(31)21-23)17-20-28(32)30-29(24-11-5-2-6-12-24,25-13-7-3-8-14-25)26-15-9-4-10-16-26/h2-17,20,22-23H,18-19,21H2,1H3,(H,30,32)/b20-17+/t22-,23+/m0/s1. The summed E-state index contributed by atoms with van der Waals surface area (Å²) in [6, 6.07) is 30.2. The lowest BCUT2D eigenvalue weighted by Crippen LogP contribution is -2.47. The van der Waals surface area contributed by atoms with Crippen LogP contribution in [0.3, 0.4) is 0 Å². The zero-order valence-electron chi connectivity index (χ0n) is 18.4. The van der Waals surface area contributed by atoms with E-state index in [0.29, 0.717) is 24.5 Å². The van der Waals surface area contributed by atoms with Crippen molar-refractivity contribution in [1.82, 2.24) is 5.32 Å². The third-order valence-electron chi connectivity index (χ3n) is 6.51. The molecule has 162 valence electrons. The molecule has 32 heavy (non-hydrogen) atoms. The van der Waals surface area contributed by atoms with Gasteiger partial charge in [-0.15, -0.1) is 0 Å². The molecule has 3 aromatic carbocycles. The molecule has 1 aliphatic rings. The number of amides is 1. The van der Waals surface area contributed by atoms with Crippen molar-refractivity contribution in [3.8, 4) is 0 Å². The molecule has 0 aliphatic heterocycles. The smallest absolute Gasteiger partial charge is 0.244 e. The minimum atomic E-state index is -0.822. The molecule has 3 heteroatoms. The van der Waals surface area contributed by atoms with E-state index in [9.17, 15) is 9.59 Å². The van der Waals surface area contributed by atoms with E-state index in [-0.39, 0.29) is 11.8 Å². The number of hydrogen-bond donors (Lipinski definition) is 1. The van der Waals surface area contributed by atoms with Crippen molar-refractivity contribution in [2.24, 2.45) is 11.8 Å². The Balaban J connectivity index is 1.72. The predicted octanol–water partition coefficient (Wildman–Crippen LogP) is 5.66. The Hall–Kier alpha value is -3.46. The van der Waals surface area contributed by atoms with Crippen molar-refractivity contribution in [1.29, 1.82) is 0 Å². The highest BCUT2D eigenvalue weighted by atomic mass is 16.1. The van der Waals surface area contributed by atoms with Crippen molar-refractivity contribution in [3.05, 3.63) is 120 Å². The van der Waals surface area contributed by atoms with Crippen LogP contribution in [0.4, 0.5) is 0 Å². The Labute approximate surface area is 190 Å². The van der Waals surface area contributed by atoms with Gasteiger partial charge in [0.1, 0.15) is 11.3 Å². The van der Waals surface area contributed by atoms with E-state index < -0.39 is 5.54 Å². The minimum Gasteiger partial charge on any atom is -0.335 e. The highest BCUT2D eigenvalue weighted by Crippen LogP contribution is 2.37. The predicted molar refractivity (Wildman–Crippen MR) is 128 cm³/mol. The molecule has 4 rings (SSSR count). The van der Waals surface area contributed by atoms with E-state index in [2.05, 4.69) is 48.6 Å². The van der Waals surface area contributed by atoms with Crippen LogP contribution in [0.5, 0.6) is 0 Å². The molecule has 0 bridgehead atoms. The first-order valence-electron chi connectivity index (χ1n) is 11.3. The third kappa shape index (κ3) is 4.57. The Morgan fingerprint density at radius 1 is 0.875 bits per heavy atom. The first-order chi connectivity index (χ1) is 15.6. The molecule has 0 saturated heterocycles. The summed E-state index contributed by atoms with van der Waals surface area (Å²) in [6.45, 7) is 2.09. The molecule has 0 aromatic heterocycles. The van der Waals surface area contributed by atoms with Gasteiger partial charge in [-0.1, -0.05) is 104 Å². The van der Waals surface area contributed by atoms with Gasteiger partial charge >= 0.3 is 0 Å². The highest BCUT2D eigenvalue weighted by molar-refractivity contribution is 5.89. The van der Waals surface area contributed by atoms with Gasteiger partial charge in [-0.3, -0.25) is 9.59 Å². The lowest BCUT2D eigenvalue weighted by Gasteiger charge is -2.36.